The van der Waals surface area contributed by atoms with E-state index in [9.17, 15) is 8.78 Å². The molecule has 2 aromatic rings. The smallest absolute Gasteiger partial charge is 0.387 e. The molecule has 1 aliphatic heterocycles. The lowest BCUT2D eigenvalue weighted by molar-refractivity contribution is -0.0498. The lowest BCUT2D eigenvalue weighted by Crippen LogP contribution is -2.15. The second kappa shape index (κ2) is 6.35. The topological polar surface area (TPSA) is 21.3 Å². The van der Waals surface area contributed by atoms with Gasteiger partial charge in [0.05, 0.1) is 6.04 Å². The summed E-state index contributed by atoms with van der Waals surface area (Å²) in [4.78, 5) is 1.30. The van der Waals surface area contributed by atoms with Gasteiger partial charge in [-0.25, -0.2) is 0 Å². The van der Waals surface area contributed by atoms with E-state index in [1.165, 1.54) is 10.5 Å². The number of ether oxygens (including phenoxy) is 1. The predicted octanol–water partition coefficient (Wildman–Crippen LogP) is 4.94. The minimum absolute atomic E-state index is 0.176. The van der Waals surface area contributed by atoms with Gasteiger partial charge in [0.25, 0.3) is 0 Å². The van der Waals surface area contributed by atoms with E-state index in [0.29, 0.717) is 0 Å². The van der Waals surface area contributed by atoms with Crippen molar-refractivity contribution in [3.8, 4) is 5.75 Å². The Morgan fingerprint density at radius 2 is 1.86 bits per heavy atom. The molecule has 0 fully saturated rings. The summed E-state index contributed by atoms with van der Waals surface area (Å²) < 4.78 is 28.6. The third-order valence-electron chi connectivity index (χ3n) is 3.38. The van der Waals surface area contributed by atoms with E-state index in [4.69, 9.17) is 0 Å². The van der Waals surface area contributed by atoms with Gasteiger partial charge in [0.1, 0.15) is 5.75 Å². The molecule has 1 heterocycles. The first-order chi connectivity index (χ1) is 10.2. The highest BCUT2D eigenvalue weighted by molar-refractivity contribution is 7.99. The minimum atomic E-state index is -2.79. The average Bonchev–Trinajstić information content (AvgIpc) is 2.49. The van der Waals surface area contributed by atoms with Crippen molar-refractivity contribution in [1.29, 1.82) is 0 Å². The van der Waals surface area contributed by atoms with Crippen LogP contribution in [0.25, 0.3) is 0 Å². The molecule has 0 aromatic heterocycles. The number of fused-ring (bicyclic) bond motifs is 1. The highest BCUT2D eigenvalue weighted by atomic mass is 32.2. The molecule has 21 heavy (non-hydrogen) atoms. The van der Waals surface area contributed by atoms with E-state index >= 15 is 0 Å². The Kier molecular flexibility index (Phi) is 4.29. The number of hydrogen-bond acceptors (Lipinski definition) is 3. The summed E-state index contributed by atoms with van der Waals surface area (Å²) in [6, 6.07) is 15.2. The molecular formula is C16H15F2NOS. The summed E-state index contributed by atoms with van der Waals surface area (Å²) >= 11 is 1.87. The molecule has 1 N–H and O–H groups in total. The number of benzene rings is 2. The third kappa shape index (κ3) is 3.47. The van der Waals surface area contributed by atoms with Crippen molar-refractivity contribution >= 4 is 17.4 Å². The average molecular weight is 307 g/mol. The summed E-state index contributed by atoms with van der Waals surface area (Å²) in [7, 11) is 0. The van der Waals surface area contributed by atoms with Crippen molar-refractivity contribution in [3.05, 3.63) is 54.1 Å². The fraction of sp³-hybridized carbons (Fsp3) is 0.250. The molecule has 0 bridgehead atoms. The van der Waals surface area contributed by atoms with Crippen LogP contribution in [0.2, 0.25) is 0 Å². The summed E-state index contributed by atoms with van der Waals surface area (Å²) in [5.41, 5.74) is 2.20. The first-order valence-electron chi connectivity index (χ1n) is 6.75. The van der Waals surface area contributed by atoms with Crippen molar-refractivity contribution in [3.63, 3.8) is 0 Å². The van der Waals surface area contributed by atoms with Crippen LogP contribution in [0.4, 0.5) is 14.5 Å². The number of alkyl halides is 2. The Balaban J connectivity index is 1.73. The van der Waals surface area contributed by atoms with Crippen LogP contribution in [0.15, 0.2) is 53.4 Å². The van der Waals surface area contributed by atoms with Gasteiger partial charge in [-0.1, -0.05) is 18.2 Å². The molecule has 2 aromatic carbocycles. The minimum Gasteiger partial charge on any atom is -0.435 e. The van der Waals surface area contributed by atoms with E-state index in [0.717, 1.165) is 17.9 Å². The van der Waals surface area contributed by atoms with E-state index in [1.807, 2.05) is 23.9 Å². The predicted molar refractivity (Wildman–Crippen MR) is 81.2 cm³/mol. The second-order valence-corrected chi connectivity index (χ2v) is 5.91. The Morgan fingerprint density at radius 3 is 2.62 bits per heavy atom. The van der Waals surface area contributed by atoms with Crippen molar-refractivity contribution in [2.24, 2.45) is 0 Å². The molecule has 0 radical (unpaired) electrons. The van der Waals surface area contributed by atoms with Gasteiger partial charge in [-0.3, -0.25) is 0 Å². The fourth-order valence-electron chi connectivity index (χ4n) is 2.43. The Labute approximate surface area is 126 Å². The molecule has 2 nitrogen and oxygen atoms in total. The molecule has 0 aliphatic carbocycles. The molecule has 1 aliphatic rings. The first kappa shape index (κ1) is 14.2. The van der Waals surface area contributed by atoms with Crippen LogP contribution in [-0.4, -0.2) is 12.4 Å². The lowest BCUT2D eigenvalue weighted by Gasteiger charge is -2.26. The summed E-state index contributed by atoms with van der Waals surface area (Å²) in [6.45, 7) is -2.79. The molecule has 1 atom stereocenters. The van der Waals surface area contributed by atoms with Gasteiger partial charge >= 0.3 is 6.61 Å². The molecule has 0 amide bonds. The molecule has 0 saturated carbocycles. The zero-order valence-corrected chi connectivity index (χ0v) is 12.1. The quantitative estimate of drug-likeness (QED) is 0.864. The van der Waals surface area contributed by atoms with E-state index in [1.54, 1.807) is 24.3 Å². The molecule has 3 rings (SSSR count). The largest absolute Gasteiger partial charge is 0.435 e. The van der Waals surface area contributed by atoms with Crippen molar-refractivity contribution in [2.75, 3.05) is 11.1 Å². The number of rotatable bonds is 4. The maximum absolute atomic E-state index is 12.1. The first-order valence-corrected chi connectivity index (χ1v) is 7.74. The SMILES string of the molecule is FC(F)Oc1ccc(NC2CCSc3ccccc32)cc1. The van der Waals surface area contributed by atoms with Crippen molar-refractivity contribution in [1.82, 2.24) is 0 Å². The second-order valence-electron chi connectivity index (χ2n) is 4.77. The van der Waals surface area contributed by atoms with Crippen LogP contribution in [0.5, 0.6) is 5.75 Å². The summed E-state index contributed by atoms with van der Waals surface area (Å²) in [6.07, 6.45) is 1.04. The van der Waals surface area contributed by atoms with E-state index < -0.39 is 6.61 Å². The number of nitrogens with one attached hydrogen (secondary N) is 1. The monoisotopic (exact) mass is 307 g/mol. The standard InChI is InChI=1S/C16H15F2NOS/c17-16(18)20-12-7-5-11(6-8-12)19-14-9-10-21-15-4-2-1-3-13(14)15/h1-8,14,16,19H,9-10H2. The van der Waals surface area contributed by atoms with Gasteiger partial charge in [0.15, 0.2) is 0 Å². The Hall–Kier alpha value is -1.75. The normalized spacial score (nSPS) is 17.4. The molecule has 0 spiro atoms. The van der Waals surface area contributed by atoms with Crippen LogP contribution in [0.1, 0.15) is 18.0 Å². The van der Waals surface area contributed by atoms with Gasteiger partial charge in [-0.15, -0.1) is 11.8 Å². The van der Waals surface area contributed by atoms with Crippen molar-refractivity contribution < 1.29 is 13.5 Å². The highest BCUT2D eigenvalue weighted by Crippen LogP contribution is 2.37. The number of anilines is 1. The molecular weight excluding hydrogens is 292 g/mol. The van der Waals surface area contributed by atoms with Crippen molar-refractivity contribution in [2.45, 2.75) is 24.0 Å². The summed E-state index contributed by atoms with van der Waals surface area (Å²) in [5, 5.41) is 3.46. The van der Waals surface area contributed by atoms with Crippen LogP contribution >= 0.6 is 11.8 Å². The third-order valence-corrected chi connectivity index (χ3v) is 4.50. The van der Waals surface area contributed by atoms with Gasteiger partial charge in [0, 0.05) is 16.3 Å². The fourth-order valence-corrected chi connectivity index (χ4v) is 3.55. The van der Waals surface area contributed by atoms with Crippen LogP contribution in [0, 0.1) is 0 Å². The zero-order chi connectivity index (χ0) is 14.7. The number of halogens is 2. The molecule has 0 saturated heterocycles. The summed E-state index contributed by atoms with van der Waals surface area (Å²) in [5.74, 6) is 1.25. The number of hydrogen-bond donors (Lipinski definition) is 1. The van der Waals surface area contributed by atoms with Gasteiger partial charge in [-0.05, 0) is 42.3 Å². The maximum atomic E-state index is 12.1. The lowest BCUT2D eigenvalue weighted by atomic mass is 10.0. The van der Waals surface area contributed by atoms with Gasteiger partial charge in [-0.2, -0.15) is 8.78 Å². The highest BCUT2D eigenvalue weighted by Gasteiger charge is 2.19. The molecule has 1 unspecified atom stereocenters. The molecule has 5 heteroatoms. The van der Waals surface area contributed by atoms with E-state index in [-0.39, 0.29) is 11.8 Å². The van der Waals surface area contributed by atoms with Crippen LogP contribution < -0.4 is 10.1 Å². The van der Waals surface area contributed by atoms with Crippen LogP contribution in [-0.2, 0) is 0 Å². The molecule has 110 valence electrons. The zero-order valence-electron chi connectivity index (χ0n) is 11.3. The van der Waals surface area contributed by atoms with Gasteiger partial charge < -0.3 is 10.1 Å². The Morgan fingerprint density at radius 1 is 1.10 bits per heavy atom. The Bertz CT molecular complexity index is 603. The van der Waals surface area contributed by atoms with E-state index in [2.05, 4.69) is 22.2 Å². The number of thioether (sulfide) groups is 1. The van der Waals surface area contributed by atoms with Gasteiger partial charge in [0.2, 0.25) is 0 Å². The van der Waals surface area contributed by atoms with Crippen LogP contribution in [0.3, 0.4) is 0 Å². The maximum Gasteiger partial charge on any atom is 0.387 e.